The number of rotatable bonds is 7. The Kier molecular flexibility index (Phi) is 7.04. The lowest BCUT2D eigenvalue weighted by Gasteiger charge is -2.17. The maximum atomic E-state index is 12.0. The maximum absolute atomic E-state index is 12.0. The first kappa shape index (κ1) is 19.8. The molecule has 1 amide bonds. The Morgan fingerprint density at radius 3 is 2.62 bits per heavy atom. The second kappa shape index (κ2) is 9.25. The van der Waals surface area contributed by atoms with Crippen LogP contribution in [0.1, 0.15) is 41.8 Å². The lowest BCUT2D eigenvalue weighted by Crippen LogP contribution is -2.17. The van der Waals surface area contributed by atoms with E-state index in [4.69, 9.17) is 21.1 Å². The number of carbonyl (C=O) groups excluding carboxylic acids is 1. The molecular formula is C20H23ClN2O3. The van der Waals surface area contributed by atoms with Gasteiger partial charge in [0, 0.05) is 5.56 Å². The van der Waals surface area contributed by atoms with Gasteiger partial charge in [-0.15, -0.1) is 0 Å². The highest BCUT2D eigenvalue weighted by molar-refractivity contribution is 6.32. The van der Waals surface area contributed by atoms with Gasteiger partial charge in [0.2, 0.25) is 0 Å². The van der Waals surface area contributed by atoms with E-state index in [1.807, 2.05) is 32.9 Å². The standard InChI is InChI=1S/C20H23ClN2O3/c1-5-14(3)26-19-17(21)10-15(11-18(19)25-4)12-22-23-20(24)16-8-6-13(2)7-9-16/h6-12,14H,5H2,1-4H3,(H,23,24)/b22-12-/t14-/m1/s1. The van der Waals surface area contributed by atoms with Gasteiger partial charge in [0.15, 0.2) is 11.5 Å². The molecule has 0 heterocycles. The van der Waals surface area contributed by atoms with Crippen molar-refractivity contribution in [3.63, 3.8) is 0 Å². The molecule has 0 aliphatic heterocycles. The zero-order valence-corrected chi connectivity index (χ0v) is 16.1. The van der Waals surface area contributed by atoms with E-state index in [1.54, 1.807) is 31.4 Å². The first-order valence-corrected chi connectivity index (χ1v) is 8.76. The minimum absolute atomic E-state index is 0.0229. The maximum Gasteiger partial charge on any atom is 0.271 e. The molecule has 0 aliphatic carbocycles. The second-order valence-electron chi connectivity index (χ2n) is 5.94. The molecule has 0 bridgehead atoms. The Morgan fingerprint density at radius 1 is 1.31 bits per heavy atom. The molecule has 0 unspecified atom stereocenters. The van der Waals surface area contributed by atoms with Crippen molar-refractivity contribution < 1.29 is 14.3 Å². The van der Waals surface area contributed by atoms with Crippen molar-refractivity contribution in [2.45, 2.75) is 33.3 Å². The third-order valence-corrected chi connectivity index (χ3v) is 4.12. The molecule has 1 N–H and O–H groups in total. The minimum atomic E-state index is -0.281. The van der Waals surface area contributed by atoms with Crippen molar-refractivity contribution in [2.24, 2.45) is 5.10 Å². The molecule has 1 atom stereocenters. The number of hydrogen-bond donors (Lipinski definition) is 1. The van der Waals surface area contributed by atoms with Gasteiger partial charge in [-0.05, 0) is 50.1 Å². The number of aryl methyl sites for hydroxylation is 1. The van der Waals surface area contributed by atoms with Crippen molar-refractivity contribution in [2.75, 3.05) is 7.11 Å². The van der Waals surface area contributed by atoms with Gasteiger partial charge in [-0.25, -0.2) is 5.43 Å². The monoisotopic (exact) mass is 374 g/mol. The van der Waals surface area contributed by atoms with Crippen LogP contribution in [0.25, 0.3) is 0 Å². The molecule has 0 saturated carbocycles. The summed E-state index contributed by atoms with van der Waals surface area (Å²) < 4.78 is 11.2. The molecule has 2 aromatic rings. The molecule has 6 heteroatoms. The van der Waals surface area contributed by atoms with E-state index in [1.165, 1.54) is 6.21 Å². The van der Waals surface area contributed by atoms with E-state index in [9.17, 15) is 4.79 Å². The van der Waals surface area contributed by atoms with Crippen LogP contribution in [0.4, 0.5) is 0 Å². The van der Waals surface area contributed by atoms with Crippen LogP contribution in [-0.2, 0) is 0 Å². The average molecular weight is 375 g/mol. The molecule has 0 aromatic heterocycles. The SMILES string of the molecule is CC[C@@H](C)Oc1c(Cl)cc(/C=N\NC(=O)c2ccc(C)cc2)cc1OC. The quantitative estimate of drug-likeness (QED) is 0.569. The molecule has 0 spiro atoms. The molecule has 5 nitrogen and oxygen atoms in total. The van der Waals surface area contributed by atoms with Crippen molar-refractivity contribution in [3.05, 3.63) is 58.1 Å². The lowest BCUT2D eigenvalue weighted by molar-refractivity contribution is 0.0955. The van der Waals surface area contributed by atoms with E-state index >= 15 is 0 Å². The third kappa shape index (κ3) is 5.23. The van der Waals surface area contributed by atoms with Crippen molar-refractivity contribution >= 4 is 23.7 Å². The highest BCUT2D eigenvalue weighted by atomic mass is 35.5. The summed E-state index contributed by atoms with van der Waals surface area (Å²) in [6.45, 7) is 5.96. The fraction of sp³-hybridized carbons (Fsp3) is 0.300. The summed E-state index contributed by atoms with van der Waals surface area (Å²) in [6.07, 6.45) is 2.39. The number of halogens is 1. The van der Waals surface area contributed by atoms with Crippen LogP contribution in [0.3, 0.4) is 0 Å². The van der Waals surface area contributed by atoms with Gasteiger partial charge in [-0.2, -0.15) is 5.10 Å². The summed E-state index contributed by atoms with van der Waals surface area (Å²) >= 11 is 6.31. The normalized spacial score (nSPS) is 12.0. The first-order valence-electron chi connectivity index (χ1n) is 8.38. The first-order chi connectivity index (χ1) is 12.4. The summed E-state index contributed by atoms with van der Waals surface area (Å²) in [4.78, 5) is 12.0. The summed E-state index contributed by atoms with van der Waals surface area (Å²) in [5.41, 5.74) is 4.81. The van der Waals surface area contributed by atoms with E-state index in [0.717, 1.165) is 12.0 Å². The Bertz CT molecular complexity index is 788. The fourth-order valence-corrected chi connectivity index (χ4v) is 2.41. The summed E-state index contributed by atoms with van der Waals surface area (Å²) in [5.74, 6) is 0.740. The van der Waals surface area contributed by atoms with Crippen LogP contribution in [0.15, 0.2) is 41.5 Å². The number of hydrogen-bond acceptors (Lipinski definition) is 4. The molecule has 0 radical (unpaired) electrons. The van der Waals surface area contributed by atoms with Crippen molar-refractivity contribution in [1.82, 2.24) is 5.43 Å². The highest BCUT2D eigenvalue weighted by Crippen LogP contribution is 2.37. The third-order valence-electron chi connectivity index (χ3n) is 3.84. The molecule has 138 valence electrons. The average Bonchev–Trinajstić information content (AvgIpc) is 2.63. The van der Waals surface area contributed by atoms with Crippen LogP contribution >= 0.6 is 11.6 Å². The number of nitrogens with zero attached hydrogens (tertiary/aromatic N) is 1. The predicted molar refractivity (Wildman–Crippen MR) is 105 cm³/mol. The zero-order chi connectivity index (χ0) is 19.1. The van der Waals surface area contributed by atoms with Crippen LogP contribution in [0.2, 0.25) is 5.02 Å². The number of benzene rings is 2. The van der Waals surface area contributed by atoms with Gasteiger partial charge >= 0.3 is 0 Å². The van der Waals surface area contributed by atoms with Crippen LogP contribution in [-0.4, -0.2) is 25.3 Å². The smallest absolute Gasteiger partial charge is 0.271 e. The highest BCUT2D eigenvalue weighted by Gasteiger charge is 2.14. The fourth-order valence-electron chi connectivity index (χ4n) is 2.15. The van der Waals surface area contributed by atoms with Gasteiger partial charge in [-0.3, -0.25) is 4.79 Å². The molecule has 0 saturated heterocycles. The van der Waals surface area contributed by atoms with Gasteiger partial charge in [0.25, 0.3) is 5.91 Å². The van der Waals surface area contributed by atoms with Gasteiger partial charge in [-0.1, -0.05) is 36.2 Å². The molecule has 0 aliphatic rings. The van der Waals surface area contributed by atoms with E-state index in [2.05, 4.69) is 10.5 Å². The number of nitrogens with one attached hydrogen (secondary N) is 1. The second-order valence-corrected chi connectivity index (χ2v) is 6.34. The number of carbonyl (C=O) groups is 1. The molecule has 2 rings (SSSR count). The number of amides is 1. The van der Waals surface area contributed by atoms with E-state index in [0.29, 0.717) is 27.6 Å². The zero-order valence-electron chi connectivity index (χ0n) is 15.4. The van der Waals surface area contributed by atoms with Crippen LogP contribution in [0.5, 0.6) is 11.5 Å². The number of hydrazone groups is 1. The van der Waals surface area contributed by atoms with Crippen LogP contribution in [0, 0.1) is 6.92 Å². The summed E-state index contributed by atoms with van der Waals surface area (Å²) in [6, 6.07) is 10.7. The Labute approximate surface area is 159 Å². The number of methoxy groups -OCH3 is 1. The Morgan fingerprint density at radius 2 is 2.00 bits per heavy atom. The van der Waals surface area contributed by atoms with Crippen LogP contribution < -0.4 is 14.9 Å². The number of ether oxygens (including phenoxy) is 2. The largest absolute Gasteiger partial charge is 0.493 e. The van der Waals surface area contributed by atoms with Gasteiger partial charge < -0.3 is 9.47 Å². The topological polar surface area (TPSA) is 59.9 Å². The minimum Gasteiger partial charge on any atom is -0.493 e. The predicted octanol–water partition coefficient (Wildman–Crippen LogP) is 4.60. The molecule has 2 aromatic carbocycles. The van der Waals surface area contributed by atoms with E-state index < -0.39 is 0 Å². The summed E-state index contributed by atoms with van der Waals surface area (Å²) in [5, 5.41) is 4.41. The van der Waals surface area contributed by atoms with Gasteiger partial charge in [0.1, 0.15) is 0 Å². The van der Waals surface area contributed by atoms with Crippen molar-refractivity contribution in [3.8, 4) is 11.5 Å². The molecular weight excluding hydrogens is 352 g/mol. The Hall–Kier alpha value is -2.53. The molecule has 26 heavy (non-hydrogen) atoms. The molecule has 0 fully saturated rings. The van der Waals surface area contributed by atoms with Crippen molar-refractivity contribution in [1.29, 1.82) is 0 Å². The Balaban J connectivity index is 2.11. The van der Waals surface area contributed by atoms with E-state index in [-0.39, 0.29) is 12.0 Å². The summed E-state index contributed by atoms with van der Waals surface area (Å²) in [7, 11) is 1.55. The lowest BCUT2D eigenvalue weighted by atomic mass is 10.1. The van der Waals surface area contributed by atoms with Gasteiger partial charge in [0.05, 0.1) is 24.5 Å².